The molecular weight excluding hydrogens is 392 g/mol. The largest absolute Gasteiger partial charge is 0.454 e. The number of hydrogen-bond acceptors (Lipinski definition) is 2. The Morgan fingerprint density at radius 1 is 0.906 bits per heavy atom. The first-order valence-corrected chi connectivity index (χ1v) is 10.2. The second kappa shape index (κ2) is 6.29. The molecule has 0 aliphatic heterocycles. The van der Waals surface area contributed by atoms with Crippen molar-refractivity contribution >= 4 is 21.9 Å². The number of pyridine rings is 2. The summed E-state index contributed by atoms with van der Waals surface area (Å²) in [7, 11) is 1.62. The maximum atomic E-state index is 8.47. The van der Waals surface area contributed by atoms with E-state index < -0.39 is 32.8 Å². The van der Waals surface area contributed by atoms with Crippen LogP contribution in [-0.4, -0.2) is 4.98 Å². The van der Waals surface area contributed by atoms with Crippen LogP contribution in [0.5, 0.6) is 0 Å². The molecule has 0 fully saturated rings. The molecule has 0 saturated heterocycles. The van der Waals surface area contributed by atoms with Gasteiger partial charge in [0, 0.05) is 67.8 Å². The predicted octanol–water partition coefficient (Wildman–Crippen LogP) is 6.70. The van der Waals surface area contributed by atoms with Crippen molar-refractivity contribution in [2.45, 2.75) is 39.7 Å². The molecule has 0 radical (unpaired) electrons. The molecule has 3 heteroatoms. The van der Waals surface area contributed by atoms with E-state index in [0.29, 0.717) is 44.3 Å². The third kappa shape index (κ3) is 2.37. The summed E-state index contributed by atoms with van der Waals surface area (Å²) in [5.74, 6) is 0. The number of aryl methyl sites for hydroxylation is 4. The molecule has 158 valence electrons. The summed E-state index contributed by atoms with van der Waals surface area (Å²) < 4.78 is 107. The Kier molecular flexibility index (Phi) is 2.05. The van der Waals surface area contributed by atoms with Crippen LogP contribution in [0.2, 0.25) is 0 Å². The van der Waals surface area contributed by atoms with Gasteiger partial charge in [-0.05, 0) is 48.9 Å². The van der Waals surface area contributed by atoms with Crippen LogP contribution in [0.1, 0.15) is 58.0 Å². The van der Waals surface area contributed by atoms with Crippen LogP contribution in [0.25, 0.3) is 44.3 Å². The van der Waals surface area contributed by atoms with Gasteiger partial charge in [0.05, 0.1) is 5.56 Å². The molecule has 3 nitrogen and oxygen atoms in total. The van der Waals surface area contributed by atoms with E-state index in [1.165, 1.54) is 36.8 Å². The molecule has 1 aliphatic carbocycles. The van der Waals surface area contributed by atoms with Gasteiger partial charge in [-0.25, -0.2) is 4.57 Å². The van der Waals surface area contributed by atoms with E-state index >= 15 is 0 Å². The molecule has 0 spiro atoms. The highest BCUT2D eigenvalue weighted by Crippen LogP contribution is 2.52. The van der Waals surface area contributed by atoms with E-state index in [1.54, 1.807) is 17.7 Å². The average Bonchev–Trinajstić information content (AvgIpc) is 3.41. The molecule has 32 heavy (non-hydrogen) atoms. The SMILES string of the molecule is [2H]C([2H])([2H])c1cc(-c2c(C)ccc3c2oc2c4c(ccc23)C(C([2H])([2H])[2H])(C([2H])([2H])[2H])c2ccncc2-4)[n+](C)cc1C([2H])([2H])[2H]. The lowest BCUT2D eigenvalue weighted by atomic mass is 9.82. The van der Waals surface area contributed by atoms with E-state index in [2.05, 4.69) is 4.98 Å². The van der Waals surface area contributed by atoms with Crippen LogP contribution in [0.15, 0.2) is 59.4 Å². The highest BCUT2D eigenvalue weighted by Gasteiger charge is 2.38. The van der Waals surface area contributed by atoms with Crippen molar-refractivity contribution in [3.63, 3.8) is 0 Å². The lowest BCUT2D eigenvalue weighted by Gasteiger charge is -2.20. The molecule has 6 rings (SSSR count). The molecule has 3 heterocycles. The lowest BCUT2D eigenvalue weighted by Crippen LogP contribution is -2.31. The van der Waals surface area contributed by atoms with Crippen LogP contribution in [-0.2, 0) is 12.5 Å². The van der Waals surface area contributed by atoms with Crippen molar-refractivity contribution < 1.29 is 25.4 Å². The fraction of sp³-hybridized carbons (Fsp3) is 0.241. The summed E-state index contributed by atoms with van der Waals surface area (Å²) in [6.45, 7) is -9.48. The molecule has 0 N–H and O–H groups in total. The first-order chi connectivity index (χ1) is 20.2. The van der Waals surface area contributed by atoms with Gasteiger partial charge < -0.3 is 4.42 Å². The van der Waals surface area contributed by atoms with E-state index in [9.17, 15) is 0 Å². The Hall–Kier alpha value is -3.46. The Morgan fingerprint density at radius 2 is 1.69 bits per heavy atom. The fourth-order valence-corrected chi connectivity index (χ4v) is 4.86. The number of furan rings is 1. The normalized spacial score (nSPS) is 21.3. The summed E-state index contributed by atoms with van der Waals surface area (Å²) in [5.41, 5.74) is 0.185. The van der Waals surface area contributed by atoms with Crippen LogP contribution in [0, 0.1) is 20.6 Å². The quantitative estimate of drug-likeness (QED) is 0.276. The lowest BCUT2D eigenvalue weighted by molar-refractivity contribution is -0.660. The van der Waals surface area contributed by atoms with Gasteiger partial charge in [0.2, 0.25) is 5.69 Å². The molecule has 5 aromatic rings. The molecule has 0 unspecified atom stereocenters. The second-order valence-corrected chi connectivity index (χ2v) is 8.37. The standard InChI is InChI=1S/C29H27N2O/c1-16-7-8-19-20-9-10-23-26(21-14-30-12-11-22(21)29(23,4)5)28(20)32-27(19)25(16)24-13-17(2)18(3)15-31(24)6/h7-15H,1-6H3/q+1/i2D3,3D3,4D3,5D3. The third-order valence-corrected chi connectivity index (χ3v) is 6.45. The van der Waals surface area contributed by atoms with E-state index in [-0.39, 0.29) is 27.8 Å². The zero-order valence-electron chi connectivity index (χ0n) is 29.5. The van der Waals surface area contributed by atoms with Crippen molar-refractivity contribution in [3.05, 3.63) is 82.8 Å². The van der Waals surface area contributed by atoms with Crippen molar-refractivity contribution in [3.8, 4) is 22.4 Å². The van der Waals surface area contributed by atoms with Gasteiger partial charge in [-0.3, -0.25) is 4.98 Å². The maximum absolute atomic E-state index is 8.47. The maximum Gasteiger partial charge on any atom is 0.216 e. The van der Waals surface area contributed by atoms with Gasteiger partial charge in [-0.15, -0.1) is 0 Å². The van der Waals surface area contributed by atoms with Crippen LogP contribution in [0.4, 0.5) is 0 Å². The number of benzene rings is 2. The predicted molar refractivity (Wildman–Crippen MR) is 130 cm³/mol. The van der Waals surface area contributed by atoms with Crippen molar-refractivity contribution in [1.82, 2.24) is 4.98 Å². The number of nitrogens with zero attached hydrogens (tertiary/aromatic N) is 2. The highest BCUT2D eigenvalue weighted by atomic mass is 16.3. The van der Waals surface area contributed by atoms with Crippen LogP contribution >= 0.6 is 0 Å². The molecule has 1 aliphatic rings. The second-order valence-electron chi connectivity index (χ2n) is 8.37. The highest BCUT2D eigenvalue weighted by molar-refractivity contribution is 6.14. The number of fused-ring (bicyclic) bond motifs is 7. The minimum atomic E-state index is -2.95. The van der Waals surface area contributed by atoms with Crippen molar-refractivity contribution in [2.75, 3.05) is 0 Å². The smallest absolute Gasteiger partial charge is 0.216 e. The zero-order chi connectivity index (χ0) is 32.4. The van der Waals surface area contributed by atoms with E-state index in [0.717, 1.165) is 0 Å². The van der Waals surface area contributed by atoms with Crippen molar-refractivity contribution in [1.29, 1.82) is 0 Å². The molecule has 0 bridgehead atoms. The van der Waals surface area contributed by atoms with E-state index in [1.807, 2.05) is 19.1 Å². The summed E-state index contributed by atoms with van der Waals surface area (Å²) in [4.78, 5) is 4.19. The first kappa shape index (κ1) is 10.4. The number of aromatic nitrogens is 2. The average molecular weight is 432 g/mol. The van der Waals surface area contributed by atoms with E-state index in [4.69, 9.17) is 20.9 Å². The third-order valence-electron chi connectivity index (χ3n) is 6.45. The molecule has 2 aromatic carbocycles. The molecule has 0 amide bonds. The van der Waals surface area contributed by atoms with Gasteiger partial charge in [0.25, 0.3) is 0 Å². The number of hydrogen-bond donors (Lipinski definition) is 0. The Labute approximate surface area is 205 Å². The molecule has 3 aromatic heterocycles. The Balaban J connectivity index is 1.74. The summed E-state index contributed by atoms with van der Waals surface area (Å²) in [6.07, 6.45) is 4.12. The van der Waals surface area contributed by atoms with Crippen LogP contribution in [0.3, 0.4) is 0 Å². The molecular formula is C29H27N2O+. The van der Waals surface area contributed by atoms with Gasteiger partial charge in [-0.1, -0.05) is 38.0 Å². The van der Waals surface area contributed by atoms with Gasteiger partial charge >= 0.3 is 0 Å². The summed E-state index contributed by atoms with van der Waals surface area (Å²) >= 11 is 0. The Morgan fingerprint density at radius 3 is 2.47 bits per heavy atom. The minimum absolute atomic E-state index is 0.0857. The Bertz CT molecular complexity index is 1980. The topological polar surface area (TPSA) is 29.9 Å². The zero-order valence-corrected chi connectivity index (χ0v) is 17.5. The first-order valence-electron chi connectivity index (χ1n) is 16.2. The van der Waals surface area contributed by atoms with Gasteiger partial charge in [-0.2, -0.15) is 0 Å². The molecule has 0 atom stereocenters. The fourth-order valence-electron chi connectivity index (χ4n) is 4.86. The van der Waals surface area contributed by atoms with Crippen LogP contribution < -0.4 is 4.57 Å². The molecule has 0 saturated carbocycles. The summed E-state index contributed by atoms with van der Waals surface area (Å²) in [6, 6.07) is 9.62. The van der Waals surface area contributed by atoms with Gasteiger partial charge in [0.1, 0.15) is 18.2 Å². The monoisotopic (exact) mass is 431 g/mol. The van der Waals surface area contributed by atoms with Crippen molar-refractivity contribution in [2.24, 2.45) is 7.05 Å². The summed E-state index contributed by atoms with van der Waals surface area (Å²) in [5, 5.41) is 1.23. The number of rotatable bonds is 1. The van der Waals surface area contributed by atoms with Gasteiger partial charge in [0.15, 0.2) is 6.20 Å². The minimum Gasteiger partial charge on any atom is -0.454 e.